The molecule has 31 heavy (non-hydrogen) atoms. The second kappa shape index (κ2) is 10.8. The number of methoxy groups -OCH3 is 1. The van der Waals surface area contributed by atoms with Gasteiger partial charge in [-0.3, -0.25) is 9.69 Å². The molecule has 3 rings (SSSR count). The van der Waals surface area contributed by atoms with E-state index < -0.39 is 11.8 Å². The molecular weight excluding hydrogens is 397 g/mol. The Morgan fingerprint density at radius 2 is 1.61 bits per heavy atom. The van der Waals surface area contributed by atoms with Crippen LogP contribution in [0.1, 0.15) is 16.8 Å². The van der Waals surface area contributed by atoms with Crippen molar-refractivity contribution in [1.82, 2.24) is 5.32 Å². The van der Waals surface area contributed by atoms with Gasteiger partial charge in [-0.2, -0.15) is 0 Å². The summed E-state index contributed by atoms with van der Waals surface area (Å²) in [6.07, 6.45) is 0.515. The van der Waals surface area contributed by atoms with Gasteiger partial charge < -0.3 is 15.4 Å². The molecule has 0 saturated carbocycles. The van der Waals surface area contributed by atoms with Gasteiger partial charge in [-0.25, -0.2) is 9.18 Å². The molecule has 0 fully saturated rings. The van der Waals surface area contributed by atoms with E-state index >= 15 is 0 Å². The third-order valence-corrected chi connectivity index (χ3v) is 4.62. The minimum atomic E-state index is -0.504. The molecule has 0 saturated heterocycles. The van der Waals surface area contributed by atoms with Crippen molar-refractivity contribution in [2.75, 3.05) is 30.4 Å². The lowest BCUT2D eigenvalue weighted by molar-refractivity contribution is 0.0953. The van der Waals surface area contributed by atoms with Gasteiger partial charge in [-0.15, -0.1) is 0 Å². The summed E-state index contributed by atoms with van der Waals surface area (Å²) in [5, 5.41) is 5.45. The van der Waals surface area contributed by atoms with Gasteiger partial charge in [0.25, 0.3) is 5.91 Å². The summed E-state index contributed by atoms with van der Waals surface area (Å²) in [4.78, 5) is 26.6. The maximum absolute atomic E-state index is 13.9. The Balaban J connectivity index is 1.59. The number of para-hydroxylation sites is 2. The Kier molecular flexibility index (Phi) is 7.59. The Labute approximate surface area is 180 Å². The second-order valence-corrected chi connectivity index (χ2v) is 6.74. The smallest absolute Gasteiger partial charge is 0.326 e. The van der Waals surface area contributed by atoms with Crippen LogP contribution < -0.4 is 20.3 Å². The normalized spacial score (nSPS) is 10.3. The lowest BCUT2D eigenvalue weighted by atomic mass is 10.2. The number of ether oxygens (including phenoxy) is 1. The topological polar surface area (TPSA) is 70.7 Å². The minimum absolute atomic E-state index is 0.112. The summed E-state index contributed by atoms with van der Waals surface area (Å²) in [5.41, 5.74) is 1.32. The van der Waals surface area contributed by atoms with Crippen LogP contribution in [0, 0.1) is 5.82 Å². The number of rotatable bonds is 8. The van der Waals surface area contributed by atoms with Gasteiger partial charge in [0.15, 0.2) is 0 Å². The molecule has 0 spiro atoms. The minimum Gasteiger partial charge on any atom is -0.497 e. The molecule has 160 valence electrons. The van der Waals surface area contributed by atoms with E-state index in [1.165, 1.54) is 17.0 Å². The number of nitrogens with one attached hydrogen (secondary N) is 2. The second-order valence-electron chi connectivity index (χ2n) is 6.74. The van der Waals surface area contributed by atoms with E-state index in [0.717, 1.165) is 0 Å². The molecule has 0 aromatic heterocycles. The van der Waals surface area contributed by atoms with Crippen LogP contribution >= 0.6 is 0 Å². The van der Waals surface area contributed by atoms with Gasteiger partial charge in [0, 0.05) is 24.3 Å². The molecule has 0 aliphatic heterocycles. The summed E-state index contributed by atoms with van der Waals surface area (Å²) >= 11 is 0. The zero-order valence-electron chi connectivity index (χ0n) is 17.2. The van der Waals surface area contributed by atoms with E-state index in [0.29, 0.717) is 36.5 Å². The molecule has 0 bridgehead atoms. The van der Waals surface area contributed by atoms with Gasteiger partial charge in [0.05, 0.1) is 12.8 Å². The van der Waals surface area contributed by atoms with Crippen molar-refractivity contribution in [2.45, 2.75) is 6.42 Å². The number of carbonyl (C=O) groups excluding carboxylic acids is 2. The Morgan fingerprint density at radius 1 is 0.935 bits per heavy atom. The Bertz CT molecular complexity index is 1010. The fourth-order valence-corrected chi connectivity index (χ4v) is 2.98. The number of carbonyl (C=O) groups is 2. The zero-order chi connectivity index (χ0) is 22.1. The van der Waals surface area contributed by atoms with E-state index in [1.54, 1.807) is 55.6 Å². The predicted octanol–water partition coefficient (Wildman–Crippen LogP) is 4.69. The highest BCUT2D eigenvalue weighted by Gasteiger charge is 2.17. The van der Waals surface area contributed by atoms with Crippen molar-refractivity contribution in [3.05, 3.63) is 90.2 Å². The van der Waals surface area contributed by atoms with Gasteiger partial charge in [0.2, 0.25) is 0 Å². The molecule has 0 heterocycles. The summed E-state index contributed by atoms with van der Waals surface area (Å²) in [7, 11) is 1.57. The standard InChI is InChI=1S/C24H24FN3O3/c1-31-20-14-12-18(13-15-20)23(29)26-16-7-17-28(19-8-3-2-4-9-19)24(30)27-22-11-6-5-10-21(22)25/h2-6,8-15H,7,16-17H2,1H3,(H,26,29)(H,27,30). The number of anilines is 2. The summed E-state index contributed by atoms with van der Waals surface area (Å²) < 4.78 is 19.0. The fraction of sp³-hybridized carbons (Fsp3) is 0.167. The summed E-state index contributed by atoms with van der Waals surface area (Å²) in [6, 6.07) is 21.5. The van der Waals surface area contributed by atoms with Crippen LogP contribution in [0.15, 0.2) is 78.9 Å². The van der Waals surface area contributed by atoms with Crippen molar-refractivity contribution in [3.8, 4) is 5.75 Å². The van der Waals surface area contributed by atoms with E-state index in [4.69, 9.17) is 4.74 Å². The monoisotopic (exact) mass is 421 g/mol. The molecule has 0 atom stereocenters. The molecule has 6 nitrogen and oxygen atoms in total. The molecule has 7 heteroatoms. The molecular formula is C24H24FN3O3. The van der Waals surface area contributed by atoms with E-state index in [9.17, 15) is 14.0 Å². The first-order chi connectivity index (χ1) is 15.1. The number of hydrogen-bond acceptors (Lipinski definition) is 3. The molecule has 0 unspecified atom stereocenters. The number of benzene rings is 3. The Hall–Kier alpha value is -3.87. The van der Waals surface area contributed by atoms with Crippen molar-refractivity contribution in [3.63, 3.8) is 0 Å². The highest BCUT2D eigenvalue weighted by Crippen LogP contribution is 2.18. The van der Waals surface area contributed by atoms with Crippen LogP contribution in [0.3, 0.4) is 0 Å². The van der Waals surface area contributed by atoms with Crippen molar-refractivity contribution >= 4 is 23.3 Å². The maximum Gasteiger partial charge on any atom is 0.326 e. The van der Waals surface area contributed by atoms with Crippen LogP contribution in [0.5, 0.6) is 5.75 Å². The van der Waals surface area contributed by atoms with E-state index in [1.807, 2.05) is 18.2 Å². The van der Waals surface area contributed by atoms with Crippen LogP contribution in [0.25, 0.3) is 0 Å². The quantitative estimate of drug-likeness (QED) is 0.518. The Morgan fingerprint density at radius 3 is 2.29 bits per heavy atom. The summed E-state index contributed by atoms with van der Waals surface area (Å²) in [5.74, 6) is -0.0312. The van der Waals surface area contributed by atoms with Crippen LogP contribution in [-0.4, -0.2) is 32.1 Å². The SMILES string of the molecule is COc1ccc(C(=O)NCCCN(C(=O)Nc2ccccc2F)c2ccccc2)cc1. The van der Waals surface area contributed by atoms with Crippen LogP contribution in [-0.2, 0) is 0 Å². The number of amides is 3. The molecule has 3 aromatic rings. The average molecular weight is 421 g/mol. The number of hydrogen-bond donors (Lipinski definition) is 2. The van der Waals surface area contributed by atoms with Crippen LogP contribution in [0.4, 0.5) is 20.6 Å². The largest absolute Gasteiger partial charge is 0.497 e. The predicted molar refractivity (Wildman–Crippen MR) is 119 cm³/mol. The molecule has 2 N–H and O–H groups in total. The lowest BCUT2D eigenvalue weighted by Crippen LogP contribution is -2.37. The first kappa shape index (κ1) is 21.8. The number of nitrogens with zero attached hydrogens (tertiary/aromatic N) is 1. The highest BCUT2D eigenvalue weighted by atomic mass is 19.1. The third-order valence-electron chi connectivity index (χ3n) is 4.62. The van der Waals surface area contributed by atoms with Crippen molar-refractivity contribution in [2.24, 2.45) is 0 Å². The number of halogens is 1. The third kappa shape index (κ3) is 6.05. The maximum atomic E-state index is 13.9. The molecule has 0 aliphatic rings. The average Bonchev–Trinajstić information content (AvgIpc) is 2.81. The fourth-order valence-electron chi connectivity index (χ4n) is 2.98. The van der Waals surface area contributed by atoms with Gasteiger partial charge in [-0.1, -0.05) is 30.3 Å². The van der Waals surface area contributed by atoms with Crippen molar-refractivity contribution in [1.29, 1.82) is 0 Å². The number of urea groups is 1. The van der Waals surface area contributed by atoms with E-state index in [2.05, 4.69) is 10.6 Å². The van der Waals surface area contributed by atoms with Crippen LogP contribution in [0.2, 0.25) is 0 Å². The van der Waals surface area contributed by atoms with Gasteiger partial charge in [0.1, 0.15) is 11.6 Å². The highest BCUT2D eigenvalue weighted by molar-refractivity contribution is 6.01. The lowest BCUT2D eigenvalue weighted by Gasteiger charge is -2.23. The summed E-state index contributed by atoms with van der Waals surface area (Å²) in [6.45, 7) is 0.717. The first-order valence-electron chi connectivity index (χ1n) is 9.89. The molecule has 0 aliphatic carbocycles. The van der Waals surface area contributed by atoms with Gasteiger partial charge in [-0.05, 0) is 55.0 Å². The molecule has 0 radical (unpaired) electrons. The molecule has 3 aromatic carbocycles. The van der Waals surface area contributed by atoms with Gasteiger partial charge >= 0.3 is 6.03 Å². The molecule has 3 amide bonds. The van der Waals surface area contributed by atoms with E-state index in [-0.39, 0.29) is 11.6 Å². The van der Waals surface area contributed by atoms with Crippen molar-refractivity contribution < 1.29 is 18.7 Å². The first-order valence-corrected chi connectivity index (χ1v) is 9.89. The zero-order valence-corrected chi connectivity index (χ0v) is 17.2.